The fourth-order valence-corrected chi connectivity index (χ4v) is 3.24. The number of hydrogen-bond acceptors (Lipinski definition) is 2. The molecular weight excluding hydrogens is 270 g/mol. The molecule has 3 aromatic rings. The number of hydrazone groups is 1. The van der Waals surface area contributed by atoms with Crippen molar-refractivity contribution in [3.8, 4) is 0 Å². The third-order valence-corrected chi connectivity index (χ3v) is 4.37. The first kappa shape index (κ1) is 13.1. The van der Waals surface area contributed by atoms with Crippen molar-refractivity contribution in [3.63, 3.8) is 0 Å². The minimum Gasteiger partial charge on any atom is -0.353 e. The van der Waals surface area contributed by atoms with Gasteiger partial charge < -0.3 is 4.98 Å². The quantitative estimate of drug-likeness (QED) is 0.663. The standard InChI is InChI=1S/C19H19N3/c1-13-7-5-10-15-16-11-6-12-17(19(16)20-18(13)15)22-21-14-8-3-2-4-9-14/h2-5,7-10,20-21H,6,11-12H2,1H3. The number of aromatic amines is 1. The number of nitrogens with one attached hydrogen (secondary N) is 2. The highest BCUT2D eigenvalue weighted by Gasteiger charge is 2.21. The number of nitrogens with zero attached hydrogens (tertiary/aromatic N) is 1. The van der Waals surface area contributed by atoms with Gasteiger partial charge in [0, 0.05) is 10.9 Å². The van der Waals surface area contributed by atoms with Crippen LogP contribution >= 0.6 is 0 Å². The second-order valence-corrected chi connectivity index (χ2v) is 5.87. The van der Waals surface area contributed by atoms with Gasteiger partial charge in [-0.05, 0) is 49.4 Å². The Morgan fingerprint density at radius 3 is 2.73 bits per heavy atom. The van der Waals surface area contributed by atoms with Crippen molar-refractivity contribution >= 4 is 22.3 Å². The van der Waals surface area contributed by atoms with E-state index in [-0.39, 0.29) is 0 Å². The van der Waals surface area contributed by atoms with E-state index >= 15 is 0 Å². The zero-order valence-corrected chi connectivity index (χ0v) is 12.7. The number of H-pyrrole nitrogens is 1. The number of aryl methyl sites for hydroxylation is 2. The summed E-state index contributed by atoms with van der Waals surface area (Å²) < 4.78 is 0. The van der Waals surface area contributed by atoms with Gasteiger partial charge in [0.15, 0.2) is 0 Å². The molecule has 0 unspecified atom stereocenters. The summed E-state index contributed by atoms with van der Waals surface area (Å²) in [6.45, 7) is 2.16. The average Bonchev–Trinajstić information content (AvgIpc) is 2.95. The summed E-state index contributed by atoms with van der Waals surface area (Å²) in [5, 5.41) is 6.00. The summed E-state index contributed by atoms with van der Waals surface area (Å²) in [7, 11) is 0. The molecule has 0 amide bonds. The van der Waals surface area contributed by atoms with Gasteiger partial charge in [-0.3, -0.25) is 5.43 Å². The van der Waals surface area contributed by atoms with Crippen LogP contribution in [-0.4, -0.2) is 10.7 Å². The molecule has 0 spiro atoms. The molecule has 2 aromatic carbocycles. The molecule has 110 valence electrons. The summed E-state index contributed by atoms with van der Waals surface area (Å²) in [6, 6.07) is 16.6. The van der Waals surface area contributed by atoms with Gasteiger partial charge >= 0.3 is 0 Å². The Hall–Kier alpha value is -2.55. The zero-order valence-electron chi connectivity index (χ0n) is 12.7. The van der Waals surface area contributed by atoms with Crippen LogP contribution in [-0.2, 0) is 6.42 Å². The van der Waals surface area contributed by atoms with Crippen LogP contribution in [0.4, 0.5) is 5.69 Å². The van der Waals surface area contributed by atoms with E-state index in [0.717, 1.165) is 30.7 Å². The summed E-state index contributed by atoms with van der Waals surface area (Å²) in [5.41, 5.74) is 10.5. The van der Waals surface area contributed by atoms with Crippen molar-refractivity contribution in [2.75, 3.05) is 5.43 Å². The van der Waals surface area contributed by atoms with Crippen LogP contribution < -0.4 is 5.43 Å². The lowest BCUT2D eigenvalue weighted by atomic mass is 9.94. The largest absolute Gasteiger partial charge is 0.353 e. The molecule has 3 heteroatoms. The lowest BCUT2D eigenvalue weighted by Crippen LogP contribution is -2.13. The number of para-hydroxylation sites is 2. The predicted octanol–water partition coefficient (Wildman–Crippen LogP) is 4.63. The van der Waals surface area contributed by atoms with E-state index in [1.807, 2.05) is 30.3 Å². The highest BCUT2D eigenvalue weighted by Crippen LogP contribution is 2.31. The summed E-state index contributed by atoms with van der Waals surface area (Å²) >= 11 is 0. The van der Waals surface area contributed by atoms with E-state index in [9.17, 15) is 0 Å². The van der Waals surface area contributed by atoms with Gasteiger partial charge in [-0.25, -0.2) is 0 Å². The molecule has 0 saturated heterocycles. The van der Waals surface area contributed by atoms with Crippen LogP contribution in [0.2, 0.25) is 0 Å². The van der Waals surface area contributed by atoms with E-state index in [1.165, 1.54) is 27.7 Å². The maximum absolute atomic E-state index is 4.66. The van der Waals surface area contributed by atoms with E-state index in [0.29, 0.717) is 0 Å². The summed E-state index contributed by atoms with van der Waals surface area (Å²) in [4.78, 5) is 3.60. The molecule has 0 aliphatic heterocycles. The molecule has 0 saturated carbocycles. The van der Waals surface area contributed by atoms with Crippen LogP contribution in [0.3, 0.4) is 0 Å². The van der Waals surface area contributed by atoms with Crippen molar-refractivity contribution in [1.82, 2.24) is 4.98 Å². The topological polar surface area (TPSA) is 40.2 Å². The van der Waals surface area contributed by atoms with Gasteiger partial charge in [0.2, 0.25) is 0 Å². The second kappa shape index (κ2) is 5.34. The zero-order chi connectivity index (χ0) is 14.9. The first-order chi connectivity index (χ1) is 10.8. The fraction of sp³-hybridized carbons (Fsp3) is 0.211. The Morgan fingerprint density at radius 1 is 1.00 bits per heavy atom. The maximum Gasteiger partial charge on any atom is 0.0844 e. The average molecular weight is 289 g/mol. The minimum atomic E-state index is 1.01. The van der Waals surface area contributed by atoms with E-state index in [4.69, 9.17) is 0 Å². The monoisotopic (exact) mass is 289 g/mol. The molecule has 4 rings (SSSR count). The van der Waals surface area contributed by atoms with Crippen molar-refractivity contribution in [1.29, 1.82) is 0 Å². The lowest BCUT2D eigenvalue weighted by Gasteiger charge is -2.14. The van der Waals surface area contributed by atoms with Gasteiger partial charge in [0.05, 0.1) is 17.1 Å². The van der Waals surface area contributed by atoms with Crippen molar-refractivity contribution in [2.45, 2.75) is 26.2 Å². The van der Waals surface area contributed by atoms with Gasteiger partial charge in [0.25, 0.3) is 0 Å². The molecule has 1 aliphatic carbocycles. The molecule has 2 N–H and O–H groups in total. The van der Waals surface area contributed by atoms with Crippen LogP contribution in [0, 0.1) is 6.92 Å². The molecule has 0 atom stereocenters. The van der Waals surface area contributed by atoms with Gasteiger partial charge in [0.1, 0.15) is 0 Å². The Morgan fingerprint density at radius 2 is 1.86 bits per heavy atom. The molecule has 22 heavy (non-hydrogen) atoms. The third-order valence-electron chi connectivity index (χ3n) is 4.37. The first-order valence-corrected chi connectivity index (χ1v) is 7.81. The summed E-state index contributed by atoms with van der Waals surface area (Å²) in [6.07, 6.45) is 3.30. The minimum absolute atomic E-state index is 1.01. The number of aromatic nitrogens is 1. The molecule has 3 nitrogen and oxygen atoms in total. The van der Waals surface area contributed by atoms with Crippen molar-refractivity contribution in [3.05, 3.63) is 65.4 Å². The Kier molecular flexibility index (Phi) is 3.19. The number of hydrogen-bond donors (Lipinski definition) is 2. The summed E-state index contributed by atoms with van der Waals surface area (Å²) in [5.74, 6) is 0. The van der Waals surface area contributed by atoms with Crippen LogP contribution in [0.5, 0.6) is 0 Å². The maximum atomic E-state index is 4.66. The number of benzene rings is 2. The number of fused-ring (bicyclic) bond motifs is 3. The van der Waals surface area contributed by atoms with Crippen molar-refractivity contribution < 1.29 is 0 Å². The van der Waals surface area contributed by atoms with Crippen LogP contribution in [0.1, 0.15) is 29.7 Å². The highest BCUT2D eigenvalue weighted by atomic mass is 15.3. The van der Waals surface area contributed by atoms with E-state index in [2.05, 4.69) is 40.6 Å². The van der Waals surface area contributed by atoms with Crippen LogP contribution in [0.25, 0.3) is 10.9 Å². The predicted molar refractivity (Wildman–Crippen MR) is 92.6 cm³/mol. The molecule has 0 radical (unpaired) electrons. The Labute approximate surface area is 130 Å². The van der Waals surface area contributed by atoms with Gasteiger partial charge in [-0.2, -0.15) is 5.10 Å². The molecule has 0 bridgehead atoms. The molecular formula is C19H19N3. The molecule has 0 fully saturated rings. The molecule has 1 aromatic heterocycles. The fourth-order valence-electron chi connectivity index (χ4n) is 3.24. The van der Waals surface area contributed by atoms with E-state index in [1.54, 1.807) is 0 Å². The SMILES string of the molecule is Cc1cccc2c3c([nH]c12)C(=NNc1ccccc1)CCC3. The Bertz CT molecular complexity index is 844. The normalized spacial score (nSPS) is 16.0. The third kappa shape index (κ3) is 2.19. The van der Waals surface area contributed by atoms with Crippen molar-refractivity contribution in [2.24, 2.45) is 5.10 Å². The first-order valence-electron chi connectivity index (χ1n) is 7.81. The smallest absolute Gasteiger partial charge is 0.0844 e. The Balaban J connectivity index is 1.76. The number of rotatable bonds is 2. The molecule has 1 heterocycles. The highest BCUT2D eigenvalue weighted by molar-refractivity contribution is 6.07. The van der Waals surface area contributed by atoms with Gasteiger partial charge in [-0.15, -0.1) is 0 Å². The van der Waals surface area contributed by atoms with Crippen LogP contribution in [0.15, 0.2) is 53.6 Å². The van der Waals surface area contributed by atoms with Gasteiger partial charge in [-0.1, -0.05) is 36.4 Å². The van der Waals surface area contributed by atoms with E-state index < -0.39 is 0 Å². The molecule has 1 aliphatic rings. The lowest BCUT2D eigenvalue weighted by molar-refractivity contribution is 0.839. The second-order valence-electron chi connectivity index (χ2n) is 5.87. The number of anilines is 1.